The van der Waals surface area contributed by atoms with E-state index in [1.807, 2.05) is 79.7 Å². The van der Waals surface area contributed by atoms with Gasteiger partial charge in [0.15, 0.2) is 0 Å². The number of nitrogens with zero attached hydrogens (tertiary/aromatic N) is 1. The van der Waals surface area contributed by atoms with Crippen LogP contribution in [0.5, 0.6) is 5.75 Å². The molecule has 0 aliphatic rings. The first-order valence-corrected chi connectivity index (χ1v) is 8.38. The standard InChI is InChI=1S/C22H20N2O2/c1-17-8-5-6-13-21(17)22(25)24-23-15-19-11-7-12-20(14-19)26-16-18-9-3-2-4-10-18/h2-15H,16H2,1H3,(H,24,25)/b23-15-. The van der Waals surface area contributed by atoms with E-state index < -0.39 is 0 Å². The van der Waals surface area contributed by atoms with Crippen LogP contribution in [0.1, 0.15) is 27.0 Å². The highest BCUT2D eigenvalue weighted by atomic mass is 16.5. The number of carbonyl (C=O) groups excluding carboxylic acids is 1. The molecule has 0 heterocycles. The van der Waals surface area contributed by atoms with E-state index in [1.54, 1.807) is 12.3 Å². The van der Waals surface area contributed by atoms with Gasteiger partial charge in [-0.25, -0.2) is 5.43 Å². The topological polar surface area (TPSA) is 50.7 Å². The number of aryl methyl sites for hydroxylation is 1. The Labute approximate surface area is 153 Å². The summed E-state index contributed by atoms with van der Waals surface area (Å²) in [4.78, 5) is 12.1. The summed E-state index contributed by atoms with van der Waals surface area (Å²) in [6, 6.07) is 25.0. The average molecular weight is 344 g/mol. The van der Waals surface area contributed by atoms with Gasteiger partial charge in [-0.15, -0.1) is 0 Å². The summed E-state index contributed by atoms with van der Waals surface area (Å²) in [7, 11) is 0. The fourth-order valence-corrected chi connectivity index (χ4v) is 2.48. The van der Waals surface area contributed by atoms with Crippen LogP contribution >= 0.6 is 0 Å². The highest BCUT2D eigenvalue weighted by molar-refractivity contribution is 5.96. The van der Waals surface area contributed by atoms with Gasteiger partial charge in [-0.1, -0.05) is 60.7 Å². The number of hydrogen-bond donors (Lipinski definition) is 1. The molecule has 0 bridgehead atoms. The van der Waals surface area contributed by atoms with E-state index >= 15 is 0 Å². The molecule has 3 aromatic rings. The molecule has 0 aliphatic heterocycles. The zero-order valence-electron chi connectivity index (χ0n) is 14.6. The maximum atomic E-state index is 12.1. The molecule has 0 atom stereocenters. The normalized spacial score (nSPS) is 10.7. The number of hydrazone groups is 1. The van der Waals surface area contributed by atoms with Crippen molar-refractivity contribution in [2.75, 3.05) is 0 Å². The predicted octanol–water partition coefficient (Wildman–Crippen LogP) is 4.34. The summed E-state index contributed by atoms with van der Waals surface area (Å²) in [5.41, 5.74) is 6.04. The monoisotopic (exact) mass is 344 g/mol. The van der Waals surface area contributed by atoms with Gasteiger partial charge in [-0.05, 0) is 41.8 Å². The second kappa shape index (κ2) is 8.62. The van der Waals surface area contributed by atoms with Crippen molar-refractivity contribution in [2.45, 2.75) is 13.5 Å². The van der Waals surface area contributed by atoms with Gasteiger partial charge in [0.05, 0.1) is 6.21 Å². The number of rotatable bonds is 6. The Hall–Kier alpha value is -3.40. The molecular formula is C22H20N2O2. The molecule has 0 aromatic heterocycles. The molecule has 1 N–H and O–H groups in total. The molecule has 0 unspecified atom stereocenters. The number of amides is 1. The summed E-state index contributed by atoms with van der Waals surface area (Å²) >= 11 is 0. The van der Waals surface area contributed by atoms with Crippen molar-refractivity contribution in [1.82, 2.24) is 5.43 Å². The number of benzene rings is 3. The zero-order valence-corrected chi connectivity index (χ0v) is 14.6. The smallest absolute Gasteiger partial charge is 0.271 e. The lowest BCUT2D eigenvalue weighted by molar-refractivity contribution is 0.0954. The van der Waals surface area contributed by atoms with Crippen LogP contribution in [-0.4, -0.2) is 12.1 Å². The molecule has 0 aliphatic carbocycles. The summed E-state index contributed by atoms with van der Waals surface area (Å²) in [5, 5.41) is 4.04. The molecule has 4 nitrogen and oxygen atoms in total. The van der Waals surface area contributed by atoms with Gasteiger partial charge >= 0.3 is 0 Å². The number of carbonyl (C=O) groups is 1. The summed E-state index contributed by atoms with van der Waals surface area (Å²) in [6.45, 7) is 2.40. The molecule has 26 heavy (non-hydrogen) atoms. The lowest BCUT2D eigenvalue weighted by Gasteiger charge is -2.07. The van der Waals surface area contributed by atoms with Crippen LogP contribution in [0.4, 0.5) is 0 Å². The summed E-state index contributed by atoms with van der Waals surface area (Å²) in [5.74, 6) is 0.527. The van der Waals surface area contributed by atoms with E-state index in [1.165, 1.54) is 0 Å². The molecule has 0 saturated carbocycles. The lowest BCUT2D eigenvalue weighted by Crippen LogP contribution is -2.18. The Morgan fingerprint density at radius 2 is 1.77 bits per heavy atom. The quantitative estimate of drug-likeness (QED) is 0.534. The fourth-order valence-electron chi connectivity index (χ4n) is 2.48. The molecule has 3 rings (SSSR count). The van der Waals surface area contributed by atoms with Crippen molar-refractivity contribution in [3.05, 3.63) is 101 Å². The molecule has 130 valence electrons. The Balaban J connectivity index is 1.59. The SMILES string of the molecule is Cc1ccccc1C(=O)N/N=C\c1cccc(OCc2ccccc2)c1. The van der Waals surface area contributed by atoms with E-state index in [4.69, 9.17) is 4.74 Å². The van der Waals surface area contributed by atoms with Crippen molar-refractivity contribution in [3.8, 4) is 5.75 Å². The highest BCUT2D eigenvalue weighted by Gasteiger charge is 2.06. The number of ether oxygens (including phenoxy) is 1. The van der Waals surface area contributed by atoms with Gasteiger partial charge in [0.25, 0.3) is 5.91 Å². The van der Waals surface area contributed by atoms with Gasteiger partial charge in [-0.3, -0.25) is 4.79 Å². The first-order chi connectivity index (χ1) is 12.7. The van der Waals surface area contributed by atoms with Crippen molar-refractivity contribution in [2.24, 2.45) is 5.10 Å². The third-order valence-corrected chi connectivity index (χ3v) is 3.88. The average Bonchev–Trinajstić information content (AvgIpc) is 2.68. The van der Waals surface area contributed by atoms with Gasteiger partial charge in [0.1, 0.15) is 12.4 Å². The van der Waals surface area contributed by atoms with Gasteiger partial charge in [-0.2, -0.15) is 5.10 Å². The first-order valence-electron chi connectivity index (χ1n) is 8.38. The van der Waals surface area contributed by atoms with Crippen LogP contribution in [0.2, 0.25) is 0 Å². The highest BCUT2D eigenvalue weighted by Crippen LogP contribution is 2.14. The Kier molecular flexibility index (Phi) is 5.78. The molecule has 3 aromatic carbocycles. The second-order valence-electron chi connectivity index (χ2n) is 5.86. The maximum Gasteiger partial charge on any atom is 0.271 e. The summed E-state index contributed by atoms with van der Waals surface area (Å²) in [6.07, 6.45) is 1.60. The number of hydrogen-bond acceptors (Lipinski definition) is 3. The minimum Gasteiger partial charge on any atom is -0.489 e. The van der Waals surface area contributed by atoms with Crippen molar-refractivity contribution in [1.29, 1.82) is 0 Å². The van der Waals surface area contributed by atoms with E-state index in [0.29, 0.717) is 12.2 Å². The minimum atomic E-state index is -0.226. The number of nitrogens with one attached hydrogen (secondary N) is 1. The van der Waals surface area contributed by atoms with Crippen molar-refractivity contribution >= 4 is 12.1 Å². The second-order valence-corrected chi connectivity index (χ2v) is 5.86. The van der Waals surface area contributed by atoms with Crippen LogP contribution in [0.15, 0.2) is 84.0 Å². The third kappa shape index (κ3) is 4.80. The molecule has 4 heteroatoms. The molecule has 1 amide bonds. The van der Waals surface area contributed by atoms with E-state index in [-0.39, 0.29) is 5.91 Å². The molecular weight excluding hydrogens is 324 g/mol. The molecule has 0 saturated heterocycles. The van der Waals surface area contributed by atoms with E-state index in [9.17, 15) is 4.79 Å². The summed E-state index contributed by atoms with van der Waals surface area (Å²) < 4.78 is 5.80. The van der Waals surface area contributed by atoms with Crippen molar-refractivity contribution in [3.63, 3.8) is 0 Å². The predicted molar refractivity (Wildman–Crippen MR) is 103 cm³/mol. The Morgan fingerprint density at radius 3 is 2.58 bits per heavy atom. The largest absolute Gasteiger partial charge is 0.489 e. The van der Waals surface area contributed by atoms with Crippen LogP contribution in [0.25, 0.3) is 0 Å². The van der Waals surface area contributed by atoms with Gasteiger partial charge in [0, 0.05) is 5.56 Å². The molecule has 0 spiro atoms. The zero-order chi connectivity index (χ0) is 18.2. The van der Waals surface area contributed by atoms with Gasteiger partial charge < -0.3 is 4.74 Å². The van der Waals surface area contributed by atoms with Crippen LogP contribution in [0, 0.1) is 6.92 Å². The van der Waals surface area contributed by atoms with E-state index in [2.05, 4.69) is 10.5 Å². The van der Waals surface area contributed by atoms with Crippen LogP contribution in [-0.2, 0) is 6.61 Å². The first kappa shape index (κ1) is 17.4. The van der Waals surface area contributed by atoms with Crippen LogP contribution in [0.3, 0.4) is 0 Å². The fraction of sp³-hybridized carbons (Fsp3) is 0.0909. The Bertz CT molecular complexity index is 905. The maximum absolute atomic E-state index is 12.1. The van der Waals surface area contributed by atoms with E-state index in [0.717, 1.165) is 22.4 Å². The van der Waals surface area contributed by atoms with Crippen molar-refractivity contribution < 1.29 is 9.53 Å². The van der Waals surface area contributed by atoms with Gasteiger partial charge in [0.2, 0.25) is 0 Å². The molecule has 0 fully saturated rings. The lowest BCUT2D eigenvalue weighted by atomic mass is 10.1. The third-order valence-electron chi connectivity index (χ3n) is 3.88. The minimum absolute atomic E-state index is 0.226. The Morgan fingerprint density at radius 1 is 1.00 bits per heavy atom. The molecule has 0 radical (unpaired) electrons. The van der Waals surface area contributed by atoms with Crippen LogP contribution < -0.4 is 10.2 Å².